The van der Waals surface area contributed by atoms with Crippen LogP contribution >= 0.6 is 0 Å². The summed E-state index contributed by atoms with van der Waals surface area (Å²) in [6, 6.07) is 8.01. The SMILES string of the molecule is CCOc1cccc(C(C)(C)OC)c1. The molecule has 78 valence electrons. The first kappa shape index (κ1) is 11.1. The van der Waals surface area contributed by atoms with Gasteiger partial charge in [-0.2, -0.15) is 0 Å². The standard InChI is InChI=1S/C12H18O2/c1-5-14-11-8-6-7-10(9-11)12(2,3)13-4/h6-9H,5H2,1-4H3. The van der Waals surface area contributed by atoms with E-state index in [9.17, 15) is 0 Å². The number of hydrogen-bond donors (Lipinski definition) is 0. The third kappa shape index (κ3) is 2.48. The first-order valence-corrected chi connectivity index (χ1v) is 4.88. The molecule has 2 nitrogen and oxygen atoms in total. The van der Waals surface area contributed by atoms with Gasteiger partial charge in [0.25, 0.3) is 0 Å². The zero-order valence-electron chi connectivity index (χ0n) is 9.33. The maximum Gasteiger partial charge on any atom is 0.119 e. The summed E-state index contributed by atoms with van der Waals surface area (Å²) in [5, 5.41) is 0. The summed E-state index contributed by atoms with van der Waals surface area (Å²) < 4.78 is 10.8. The van der Waals surface area contributed by atoms with Crippen molar-refractivity contribution in [3.05, 3.63) is 29.8 Å². The molecule has 0 amide bonds. The second-order valence-electron chi connectivity index (χ2n) is 3.68. The van der Waals surface area contributed by atoms with Crippen LogP contribution in [0.5, 0.6) is 5.75 Å². The summed E-state index contributed by atoms with van der Waals surface area (Å²) in [7, 11) is 1.72. The lowest BCUT2D eigenvalue weighted by molar-refractivity contribution is 0.0190. The summed E-state index contributed by atoms with van der Waals surface area (Å²) in [4.78, 5) is 0. The molecule has 0 heterocycles. The van der Waals surface area contributed by atoms with Gasteiger partial charge in [0.1, 0.15) is 5.75 Å². The van der Waals surface area contributed by atoms with Crippen molar-refractivity contribution in [2.24, 2.45) is 0 Å². The Balaban J connectivity index is 2.93. The molecular weight excluding hydrogens is 176 g/mol. The molecule has 14 heavy (non-hydrogen) atoms. The highest BCUT2D eigenvalue weighted by atomic mass is 16.5. The van der Waals surface area contributed by atoms with E-state index in [4.69, 9.17) is 9.47 Å². The van der Waals surface area contributed by atoms with Crippen molar-refractivity contribution in [2.75, 3.05) is 13.7 Å². The second-order valence-corrected chi connectivity index (χ2v) is 3.68. The summed E-state index contributed by atoms with van der Waals surface area (Å²) in [5.74, 6) is 0.898. The minimum absolute atomic E-state index is 0.257. The lowest BCUT2D eigenvalue weighted by atomic mass is 9.98. The predicted octanol–water partition coefficient (Wildman–Crippen LogP) is 2.97. The molecule has 0 aliphatic carbocycles. The average Bonchev–Trinajstić information content (AvgIpc) is 2.19. The summed E-state index contributed by atoms with van der Waals surface area (Å²) in [6.45, 7) is 6.75. The van der Waals surface area contributed by atoms with Crippen molar-refractivity contribution in [3.63, 3.8) is 0 Å². The molecule has 0 fully saturated rings. The van der Waals surface area contributed by atoms with Gasteiger partial charge in [0, 0.05) is 7.11 Å². The number of benzene rings is 1. The molecule has 0 unspecified atom stereocenters. The average molecular weight is 194 g/mol. The first-order valence-electron chi connectivity index (χ1n) is 4.88. The Kier molecular flexibility index (Phi) is 3.53. The molecule has 0 atom stereocenters. The van der Waals surface area contributed by atoms with Crippen molar-refractivity contribution < 1.29 is 9.47 Å². The van der Waals surface area contributed by atoms with E-state index in [1.165, 1.54) is 0 Å². The first-order chi connectivity index (χ1) is 6.60. The van der Waals surface area contributed by atoms with Crippen molar-refractivity contribution in [2.45, 2.75) is 26.4 Å². The molecule has 0 radical (unpaired) electrons. The second kappa shape index (κ2) is 4.47. The fourth-order valence-corrected chi connectivity index (χ4v) is 1.24. The summed E-state index contributed by atoms with van der Waals surface area (Å²) >= 11 is 0. The number of ether oxygens (including phenoxy) is 2. The van der Waals surface area contributed by atoms with Crippen LogP contribution in [0.25, 0.3) is 0 Å². The topological polar surface area (TPSA) is 18.5 Å². The predicted molar refractivity (Wildman–Crippen MR) is 57.6 cm³/mol. The Morgan fingerprint density at radius 1 is 1.29 bits per heavy atom. The molecule has 1 rings (SSSR count). The van der Waals surface area contributed by atoms with E-state index in [0.717, 1.165) is 11.3 Å². The van der Waals surface area contributed by atoms with Crippen LogP contribution in [0.2, 0.25) is 0 Å². The van der Waals surface area contributed by atoms with E-state index in [1.54, 1.807) is 7.11 Å². The molecule has 0 aliphatic rings. The Morgan fingerprint density at radius 3 is 2.57 bits per heavy atom. The maximum absolute atomic E-state index is 5.43. The van der Waals surface area contributed by atoms with Gasteiger partial charge in [0.2, 0.25) is 0 Å². The number of rotatable bonds is 4. The van der Waals surface area contributed by atoms with Crippen molar-refractivity contribution in [1.29, 1.82) is 0 Å². The Labute approximate surface area is 85.8 Å². The molecule has 0 saturated heterocycles. The monoisotopic (exact) mass is 194 g/mol. The Bertz CT molecular complexity index is 292. The molecule has 0 aliphatic heterocycles. The van der Waals surface area contributed by atoms with Crippen LogP contribution in [-0.2, 0) is 10.3 Å². The molecule has 1 aromatic carbocycles. The molecule has 0 bridgehead atoms. The molecule has 1 aromatic rings. The molecule has 0 spiro atoms. The van der Waals surface area contributed by atoms with Gasteiger partial charge in [-0.25, -0.2) is 0 Å². The zero-order valence-corrected chi connectivity index (χ0v) is 9.33. The molecule has 0 N–H and O–H groups in total. The number of hydrogen-bond acceptors (Lipinski definition) is 2. The number of methoxy groups -OCH3 is 1. The van der Waals surface area contributed by atoms with Crippen LogP contribution in [0, 0.1) is 0 Å². The van der Waals surface area contributed by atoms with Crippen LogP contribution in [-0.4, -0.2) is 13.7 Å². The Hall–Kier alpha value is -1.02. The fourth-order valence-electron chi connectivity index (χ4n) is 1.24. The van der Waals surface area contributed by atoms with Gasteiger partial charge in [-0.05, 0) is 38.5 Å². The largest absolute Gasteiger partial charge is 0.494 e. The lowest BCUT2D eigenvalue weighted by Gasteiger charge is -2.23. The van der Waals surface area contributed by atoms with Crippen LogP contribution < -0.4 is 4.74 Å². The maximum atomic E-state index is 5.43. The highest BCUT2D eigenvalue weighted by molar-refractivity contribution is 5.31. The quantitative estimate of drug-likeness (QED) is 0.733. The van der Waals surface area contributed by atoms with Crippen molar-refractivity contribution in [1.82, 2.24) is 0 Å². The molecule has 0 saturated carbocycles. The molecular formula is C12H18O2. The van der Waals surface area contributed by atoms with Gasteiger partial charge in [0.15, 0.2) is 0 Å². The minimum atomic E-state index is -0.257. The third-order valence-electron chi connectivity index (χ3n) is 2.35. The smallest absolute Gasteiger partial charge is 0.119 e. The Morgan fingerprint density at radius 2 is 2.00 bits per heavy atom. The van der Waals surface area contributed by atoms with Crippen LogP contribution in [0.1, 0.15) is 26.3 Å². The van der Waals surface area contributed by atoms with E-state index in [1.807, 2.05) is 45.0 Å². The third-order valence-corrected chi connectivity index (χ3v) is 2.35. The molecule has 0 aromatic heterocycles. The van der Waals surface area contributed by atoms with E-state index in [0.29, 0.717) is 6.61 Å². The van der Waals surface area contributed by atoms with Crippen LogP contribution in [0.4, 0.5) is 0 Å². The normalized spacial score (nSPS) is 11.4. The molecule has 2 heteroatoms. The van der Waals surface area contributed by atoms with Gasteiger partial charge >= 0.3 is 0 Å². The van der Waals surface area contributed by atoms with Crippen molar-refractivity contribution >= 4 is 0 Å². The van der Waals surface area contributed by atoms with Gasteiger partial charge in [-0.3, -0.25) is 0 Å². The summed E-state index contributed by atoms with van der Waals surface area (Å²) in [5.41, 5.74) is 0.874. The van der Waals surface area contributed by atoms with Gasteiger partial charge in [-0.15, -0.1) is 0 Å². The van der Waals surface area contributed by atoms with E-state index in [2.05, 4.69) is 0 Å². The highest BCUT2D eigenvalue weighted by Crippen LogP contribution is 2.26. The van der Waals surface area contributed by atoms with Crippen LogP contribution in [0.3, 0.4) is 0 Å². The minimum Gasteiger partial charge on any atom is -0.494 e. The highest BCUT2D eigenvalue weighted by Gasteiger charge is 2.19. The van der Waals surface area contributed by atoms with Gasteiger partial charge < -0.3 is 9.47 Å². The van der Waals surface area contributed by atoms with E-state index in [-0.39, 0.29) is 5.60 Å². The fraction of sp³-hybridized carbons (Fsp3) is 0.500. The van der Waals surface area contributed by atoms with E-state index >= 15 is 0 Å². The zero-order chi connectivity index (χ0) is 10.6. The van der Waals surface area contributed by atoms with Gasteiger partial charge in [0.05, 0.1) is 12.2 Å². The summed E-state index contributed by atoms with van der Waals surface area (Å²) in [6.07, 6.45) is 0. The van der Waals surface area contributed by atoms with Crippen molar-refractivity contribution in [3.8, 4) is 5.75 Å². The van der Waals surface area contributed by atoms with E-state index < -0.39 is 0 Å². The van der Waals surface area contributed by atoms with Gasteiger partial charge in [-0.1, -0.05) is 12.1 Å². The lowest BCUT2D eigenvalue weighted by Crippen LogP contribution is -2.19. The van der Waals surface area contributed by atoms with Crippen LogP contribution in [0.15, 0.2) is 24.3 Å².